The molecule has 2 rings (SSSR count). The molecule has 1 aromatic heterocycles. The Morgan fingerprint density at radius 3 is 2.57 bits per heavy atom. The highest BCUT2D eigenvalue weighted by molar-refractivity contribution is 5.81. The van der Waals surface area contributed by atoms with Crippen LogP contribution < -0.4 is 5.73 Å². The molecule has 0 radical (unpaired) electrons. The van der Waals surface area contributed by atoms with Crippen molar-refractivity contribution in [3.05, 3.63) is 11.6 Å². The van der Waals surface area contributed by atoms with E-state index < -0.39 is 18.0 Å². The summed E-state index contributed by atoms with van der Waals surface area (Å²) >= 11 is 0. The maximum Gasteiger partial charge on any atom is 0.451 e. The summed E-state index contributed by atoms with van der Waals surface area (Å²) in [4.78, 5) is 13.6. The predicted octanol–water partition coefficient (Wildman–Crippen LogP) is 1.01. The summed E-state index contributed by atoms with van der Waals surface area (Å²) in [5.74, 6) is -0.865. The van der Waals surface area contributed by atoms with E-state index in [0.717, 1.165) is 4.57 Å². The van der Waals surface area contributed by atoms with Crippen molar-refractivity contribution < 1.29 is 18.0 Å². The molecule has 1 unspecified atom stereocenters. The van der Waals surface area contributed by atoms with E-state index in [1.54, 1.807) is 0 Å². The van der Waals surface area contributed by atoms with Crippen LogP contribution in [0.4, 0.5) is 13.2 Å². The van der Waals surface area contributed by atoms with E-state index in [0.29, 0.717) is 6.42 Å². The van der Waals surface area contributed by atoms with Crippen LogP contribution in [0.1, 0.15) is 31.9 Å². The normalized spacial score (nSPS) is 17.0. The number of hydrogen-bond acceptors (Lipinski definition) is 4. The molecule has 0 aromatic carbocycles. The fraction of sp³-hybridized carbons (Fsp3) is 0.750. The molecule has 0 saturated carbocycles. The van der Waals surface area contributed by atoms with Crippen molar-refractivity contribution in [2.75, 3.05) is 6.54 Å². The zero-order chi connectivity index (χ0) is 15.8. The maximum atomic E-state index is 12.7. The van der Waals surface area contributed by atoms with E-state index >= 15 is 0 Å². The monoisotopic (exact) mass is 305 g/mol. The highest BCUT2D eigenvalue weighted by Crippen LogP contribution is 2.29. The molecule has 0 bridgehead atoms. The number of rotatable bonds is 3. The molecular weight excluding hydrogens is 287 g/mol. The van der Waals surface area contributed by atoms with Crippen LogP contribution in [-0.2, 0) is 24.1 Å². The Morgan fingerprint density at radius 2 is 2.00 bits per heavy atom. The zero-order valence-corrected chi connectivity index (χ0v) is 11.9. The van der Waals surface area contributed by atoms with Crippen LogP contribution >= 0.6 is 0 Å². The number of carbonyl (C=O) groups excluding carboxylic acids is 1. The summed E-state index contributed by atoms with van der Waals surface area (Å²) in [6, 6.07) is -0.637. The number of nitrogens with two attached hydrogens (primary N) is 1. The second-order valence-corrected chi connectivity index (χ2v) is 5.59. The van der Waals surface area contributed by atoms with Crippen molar-refractivity contribution in [3.63, 3.8) is 0 Å². The third-order valence-electron chi connectivity index (χ3n) is 3.36. The van der Waals surface area contributed by atoms with Crippen LogP contribution in [0.3, 0.4) is 0 Å². The van der Waals surface area contributed by atoms with Crippen molar-refractivity contribution >= 4 is 5.91 Å². The van der Waals surface area contributed by atoms with Crippen LogP contribution in [0.2, 0.25) is 0 Å². The molecule has 21 heavy (non-hydrogen) atoms. The molecule has 1 aliphatic rings. The minimum absolute atomic E-state index is 0.00765. The number of fused-ring (bicyclic) bond motifs is 1. The van der Waals surface area contributed by atoms with Crippen molar-refractivity contribution in [3.8, 4) is 0 Å². The minimum atomic E-state index is -4.54. The first kappa shape index (κ1) is 15.7. The van der Waals surface area contributed by atoms with Crippen molar-refractivity contribution in [1.29, 1.82) is 0 Å². The first-order chi connectivity index (χ1) is 9.70. The Labute approximate surface area is 120 Å². The molecule has 0 aliphatic carbocycles. The fourth-order valence-electron chi connectivity index (χ4n) is 2.40. The van der Waals surface area contributed by atoms with Crippen molar-refractivity contribution in [2.45, 2.75) is 45.6 Å². The molecule has 2 N–H and O–H groups in total. The second-order valence-electron chi connectivity index (χ2n) is 5.59. The van der Waals surface area contributed by atoms with Gasteiger partial charge in [0.2, 0.25) is 11.7 Å². The zero-order valence-electron chi connectivity index (χ0n) is 11.9. The van der Waals surface area contributed by atoms with Gasteiger partial charge in [0.05, 0.1) is 12.6 Å². The Balaban J connectivity index is 2.10. The Hall–Kier alpha value is -1.64. The van der Waals surface area contributed by atoms with Crippen molar-refractivity contribution in [1.82, 2.24) is 19.7 Å². The first-order valence-electron chi connectivity index (χ1n) is 6.73. The second kappa shape index (κ2) is 5.63. The molecule has 1 aliphatic heterocycles. The van der Waals surface area contributed by atoms with E-state index in [2.05, 4.69) is 10.2 Å². The number of hydrogen-bond donors (Lipinski definition) is 1. The molecule has 2 heterocycles. The van der Waals surface area contributed by atoms with Gasteiger partial charge in [-0.05, 0) is 12.3 Å². The number of nitrogens with zero attached hydrogens (tertiary/aromatic N) is 4. The van der Waals surface area contributed by atoms with Gasteiger partial charge in [0.25, 0.3) is 0 Å². The Morgan fingerprint density at radius 1 is 1.33 bits per heavy atom. The highest BCUT2D eigenvalue weighted by Gasteiger charge is 2.40. The number of aromatic nitrogens is 3. The van der Waals surface area contributed by atoms with E-state index in [-0.39, 0.29) is 37.3 Å². The molecule has 1 atom stereocenters. The summed E-state index contributed by atoms with van der Waals surface area (Å²) in [5.41, 5.74) is 5.83. The number of amides is 1. The van der Waals surface area contributed by atoms with Gasteiger partial charge in [-0.3, -0.25) is 4.79 Å². The Bertz CT molecular complexity index is 525. The Kier molecular flexibility index (Phi) is 4.22. The topological polar surface area (TPSA) is 77.0 Å². The van der Waals surface area contributed by atoms with Crippen LogP contribution in [0.25, 0.3) is 0 Å². The molecule has 0 fully saturated rings. The summed E-state index contributed by atoms with van der Waals surface area (Å²) < 4.78 is 39.1. The third-order valence-corrected chi connectivity index (χ3v) is 3.36. The molecular formula is C12H18F3N5O. The lowest BCUT2D eigenvalue weighted by atomic mass is 10.0. The summed E-state index contributed by atoms with van der Waals surface area (Å²) in [6.45, 7) is 4.12. The van der Waals surface area contributed by atoms with E-state index in [9.17, 15) is 18.0 Å². The molecule has 6 nitrogen and oxygen atoms in total. The van der Waals surface area contributed by atoms with Gasteiger partial charge in [0, 0.05) is 13.1 Å². The van der Waals surface area contributed by atoms with E-state index in [4.69, 9.17) is 5.73 Å². The molecule has 9 heteroatoms. The number of carbonyl (C=O) groups is 1. The van der Waals surface area contributed by atoms with Gasteiger partial charge >= 0.3 is 6.18 Å². The van der Waals surface area contributed by atoms with Crippen LogP contribution in [0.15, 0.2) is 0 Å². The highest BCUT2D eigenvalue weighted by atomic mass is 19.4. The minimum Gasteiger partial charge on any atom is -0.332 e. The van der Waals surface area contributed by atoms with Crippen LogP contribution in [-0.4, -0.2) is 38.2 Å². The van der Waals surface area contributed by atoms with Gasteiger partial charge in [-0.25, -0.2) is 0 Å². The predicted molar refractivity (Wildman–Crippen MR) is 67.9 cm³/mol. The molecule has 0 saturated heterocycles. The van der Waals surface area contributed by atoms with Gasteiger partial charge in [0.15, 0.2) is 5.82 Å². The smallest absolute Gasteiger partial charge is 0.332 e. The van der Waals surface area contributed by atoms with Gasteiger partial charge < -0.3 is 15.2 Å². The molecule has 1 amide bonds. The van der Waals surface area contributed by atoms with Crippen LogP contribution in [0.5, 0.6) is 0 Å². The average Bonchev–Trinajstić information content (AvgIpc) is 2.79. The largest absolute Gasteiger partial charge is 0.451 e. The number of halogens is 3. The number of alkyl halides is 3. The maximum absolute atomic E-state index is 12.7. The van der Waals surface area contributed by atoms with Gasteiger partial charge in [0.1, 0.15) is 0 Å². The van der Waals surface area contributed by atoms with E-state index in [1.165, 1.54) is 4.90 Å². The first-order valence-corrected chi connectivity index (χ1v) is 6.73. The van der Waals surface area contributed by atoms with Gasteiger partial charge in [-0.2, -0.15) is 13.2 Å². The van der Waals surface area contributed by atoms with Crippen LogP contribution in [0, 0.1) is 5.92 Å². The molecule has 1 aromatic rings. The van der Waals surface area contributed by atoms with Gasteiger partial charge in [-0.15, -0.1) is 10.2 Å². The quantitative estimate of drug-likeness (QED) is 0.904. The molecule has 0 spiro atoms. The van der Waals surface area contributed by atoms with E-state index in [1.807, 2.05) is 13.8 Å². The standard InChI is InChI=1S/C12H18F3N5O/c1-7(2)5-8(16)10(21)19-3-4-20-9(6-19)17-18-11(20)12(13,14)15/h7-8H,3-6,16H2,1-2H3. The SMILES string of the molecule is CC(C)CC(N)C(=O)N1CCn2c(nnc2C(F)(F)F)C1. The van der Waals surface area contributed by atoms with Crippen molar-refractivity contribution in [2.24, 2.45) is 11.7 Å². The summed E-state index contributed by atoms with van der Waals surface area (Å²) in [6.07, 6.45) is -4.00. The molecule has 118 valence electrons. The third kappa shape index (κ3) is 3.34. The fourth-order valence-corrected chi connectivity index (χ4v) is 2.40. The van der Waals surface area contributed by atoms with Gasteiger partial charge in [-0.1, -0.05) is 13.8 Å². The summed E-state index contributed by atoms with van der Waals surface area (Å²) in [7, 11) is 0. The average molecular weight is 305 g/mol. The summed E-state index contributed by atoms with van der Waals surface area (Å²) in [5, 5.41) is 6.71. The lowest BCUT2D eigenvalue weighted by Gasteiger charge is -2.30. The lowest BCUT2D eigenvalue weighted by Crippen LogP contribution is -2.47. The lowest BCUT2D eigenvalue weighted by molar-refractivity contribution is -0.148.